The van der Waals surface area contributed by atoms with Crippen molar-refractivity contribution >= 4 is 38.6 Å². The first-order chi connectivity index (χ1) is 14.0. The Morgan fingerprint density at radius 1 is 0.966 bits per heavy atom. The molecule has 4 nitrogen and oxygen atoms in total. The molecule has 0 aliphatic heterocycles. The summed E-state index contributed by atoms with van der Waals surface area (Å²) in [5, 5.41) is 12.3. The highest BCUT2D eigenvalue weighted by atomic mass is 79.9. The minimum absolute atomic E-state index is 0.128. The number of benzene rings is 3. The maximum absolute atomic E-state index is 13.2. The average Bonchev–Trinajstić information content (AvgIpc) is 2.71. The van der Waals surface area contributed by atoms with Crippen LogP contribution < -0.4 is 5.56 Å². The molecule has 0 atom stereocenters. The van der Waals surface area contributed by atoms with Gasteiger partial charge in [-0.3, -0.25) is 9.79 Å². The first-order valence-corrected chi connectivity index (χ1v) is 9.99. The number of hydrogen-bond donors (Lipinski definition) is 1. The number of aliphatic imine (C=N–C) groups is 1. The molecule has 0 bridgehead atoms. The topological polar surface area (TPSA) is 54.6 Å². The second kappa shape index (κ2) is 7.68. The van der Waals surface area contributed by atoms with E-state index in [-0.39, 0.29) is 11.4 Å². The molecule has 1 aromatic heterocycles. The van der Waals surface area contributed by atoms with Crippen LogP contribution in [-0.2, 0) is 0 Å². The van der Waals surface area contributed by atoms with Crippen molar-refractivity contribution in [3.05, 3.63) is 98.2 Å². The zero-order chi connectivity index (χ0) is 20.5. The molecule has 5 heteroatoms. The van der Waals surface area contributed by atoms with Crippen molar-refractivity contribution in [1.82, 2.24) is 4.57 Å². The summed E-state index contributed by atoms with van der Waals surface area (Å²) in [4.78, 5) is 17.8. The minimum Gasteiger partial charge on any atom is -0.494 e. The number of hydrogen-bond acceptors (Lipinski definition) is 3. The van der Waals surface area contributed by atoms with Gasteiger partial charge in [0.25, 0.3) is 5.56 Å². The average molecular weight is 447 g/mol. The van der Waals surface area contributed by atoms with Crippen molar-refractivity contribution in [2.45, 2.75) is 13.8 Å². The highest BCUT2D eigenvalue weighted by Crippen LogP contribution is 2.29. The molecule has 0 aliphatic rings. The van der Waals surface area contributed by atoms with Crippen molar-refractivity contribution in [1.29, 1.82) is 0 Å². The predicted molar refractivity (Wildman–Crippen MR) is 122 cm³/mol. The monoisotopic (exact) mass is 446 g/mol. The number of pyridine rings is 1. The standard InChI is InChI=1S/C24H19BrN2O2/c1-15-11-12-22(16(2)13-15)27-23(28)18-8-4-3-7-17(18)19(24(27)29)14-26-21-10-6-5-9-20(21)25/h3-14,29H,1-2H3. The van der Waals surface area contributed by atoms with Gasteiger partial charge in [-0.15, -0.1) is 0 Å². The number of aromatic nitrogens is 1. The summed E-state index contributed by atoms with van der Waals surface area (Å²) in [5.41, 5.74) is 3.63. The fourth-order valence-electron chi connectivity index (χ4n) is 3.46. The molecule has 0 amide bonds. The third kappa shape index (κ3) is 3.49. The molecule has 0 unspecified atom stereocenters. The minimum atomic E-state index is -0.261. The number of para-hydroxylation sites is 1. The summed E-state index contributed by atoms with van der Waals surface area (Å²) >= 11 is 3.49. The molecule has 29 heavy (non-hydrogen) atoms. The van der Waals surface area contributed by atoms with Crippen LogP contribution in [0.4, 0.5) is 5.69 Å². The Morgan fingerprint density at radius 3 is 2.38 bits per heavy atom. The van der Waals surface area contributed by atoms with Crippen LogP contribution in [-0.4, -0.2) is 15.9 Å². The van der Waals surface area contributed by atoms with Gasteiger partial charge in [-0.05, 0) is 59.6 Å². The van der Waals surface area contributed by atoms with E-state index < -0.39 is 0 Å². The van der Waals surface area contributed by atoms with Gasteiger partial charge < -0.3 is 5.11 Å². The smallest absolute Gasteiger partial charge is 0.265 e. The third-order valence-electron chi connectivity index (χ3n) is 4.88. The van der Waals surface area contributed by atoms with Crippen molar-refractivity contribution in [2.75, 3.05) is 0 Å². The predicted octanol–water partition coefficient (Wildman–Crippen LogP) is 5.83. The van der Waals surface area contributed by atoms with E-state index in [2.05, 4.69) is 20.9 Å². The van der Waals surface area contributed by atoms with Crippen molar-refractivity contribution in [2.24, 2.45) is 4.99 Å². The normalized spacial score (nSPS) is 11.4. The maximum Gasteiger partial charge on any atom is 0.265 e. The van der Waals surface area contributed by atoms with Crippen LogP contribution in [0.25, 0.3) is 16.5 Å². The van der Waals surface area contributed by atoms with Crippen LogP contribution >= 0.6 is 15.9 Å². The van der Waals surface area contributed by atoms with Gasteiger partial charge in [0.05, 0.1) is 16.9 Å². The van der Waals surface area contributed by atoms with E-state index in [4.69, 9.17) is 0 Å². The first kappa shape index (κ1) is 19.2. The fourth-order valence-corrected chi connectivity index (χ4v) is 3.85. The van der Waals surface area contributed by atoms with E-state index in [0.717, 1.165) is 21.3 Å². The van der Waals surface area contributed by atoms with Crippen molar-refractivity contribution in [3.8, 4) is 11.6 Å². The van der Waals surface area contributed by atoms with E-state index in [1.165, 1.54) is 4.57 Å². The molecule has 0 saturated carbocycles. The Morgan fingerprint density at radius 2 is 1.66 bits per heavy atom. The molecule has 0 spiro atoms. The first-order valence-electron chi connectivity index (χ1n) is 9.20. The van der Waals surface area contributed by atoms with Crippen LogP contribution in [0.5, 0.6) is 5.88 Å². The number of aromatic hydroxyl groups is 1. The SMILES string of the molecule is Cc1ccc(-n2c(O)c(C=Nc3ccccc3Br)c3ccccc3c2=O)c(C)c1. The van der Waals surface area contributed by atoms with E-state index >= 15 is 0 Å². The quantitative estimate of drug-likeness (QED) is 0.402. The van der Waals surface area contributed by atoms with Gasteiger partial charge in [0.1, 0.15) is 0 Å². The molecule has 4 rings (SSSR count). The lowest BCUT2D eigenvalue weighted by Gasteiger charge is -2.16. The van der Waals surface area contributed by atoms with Gasteiger partial charge >= 0.3 is 0 Å². The van der Waals surface area contributed by atoms with Crippen LogP contribution in [0.3, 0.4) is 0 Å². The van der Waals surface area contributed by atoms with E-state index in [1.54, 1.807) is 12.3 Å². The Labute approximate surface area is 176 Å². The van der Waals surface area contributed by atoms with Crippen LogP contribution in [0.2, 0.25) is 0 Å². The number of nitrogens with zero attached hydrogens (tertiary/aromatic N) is 2. The summed E-state index contributed by atoms with van der Waals surface area (Å²) < 4.78 is 2.21. The largest absolute Gasteiger partial charge is 0.494 e. The van der Waals surface area contributed by atoms with Crippen molar-refractivity contribution in [3.63, 3.8) is 0 Å². The molecule has 4 aromatic rings. The zero-order valence-electron chi connectivity index (χ0n) is 16.1. The highest BCUT2D eigenvalue weighted by Gasteiger charge is 2.17. The zero-order valence-corrected chi connectivity index (χ0v) is 17.6. The molecule has 0 radical (unpaired) electrons. The van der Waals surface area contributed by atoms with Gasteiger partial charge in [0.15, 0.2) is 0 Å². The second-order valence-corrected chi connectivity index (χ2v) is 7.78. The molecule has 0 saturated heterocycles. The summed E-state index contributed by atoms with van der Waals surface area (Å²) in [7, 11) is 0. The highest BCUT2D eigenvalue weighted by molar-refractivity contribution is 9.10. The molecule has 3 aromatic carbocycles. The summed E-state index contributed by atoms with van der Waals surface area (Å²) in [6, 6.07) is 20.6. The van der Waals surface area contributed by atoms with Crippen LogP contribution in [0.15, 0.2) is 81.0 Å². The number of rotatable bonds is 3. The summed E-state index contributed by atoms with van der Waals surface area (Å²) in [5.74, 6) is -0.128. The maximum atomic E-state index is 13.2. The molecular formula is C24H19BrN2O2. The summed E-state index contributed by atoms with van der Waals surface area (Å²) in [6.07, 6.45) is 1.61. The Kier molecular flexibility index (Phi) is 5.07. The van der Waals surface area contributed by atoms with Gasteiger partial charge in [0, 0.05) is 21.5 Å². The number of halogens is 1. The Hall–Kier alpha value is -3.18. The lowest BCUT2D eigenvalue weighted by Crippen LogP contribution is -2.21. The third-order valence-corrected chi connectivity index (χ3v) is 5.55. The summed E-state index contributed by atoms with van der Waals surface area (Å²) in [6.45, 7) is 3.92. The van der Waals surface area contributed by atoms with Crippen LogP contribution in [0, 0.1) is 13.8 Å². The molecule has 1 heterocycles. The van der Waals surface area contributed by atoms with E-state index in [9.17, 15) is 9.90 Å². The van der Waals surface area contributed by atoms with Gasteiger partial charge in [-0.1, -0.05) is 48.0 Å². The van der Waals surface area contributed by atoms with Crippen LogP contribution in [0.1, 0.15) is 16.7 Å². The Balaban J connectivity index is 2.02. The fraction of sp³-hybridized carbons (Fsp3) is 0.0833. The number of aryl methyl sites for hydroxylation is 2. The second-order valence-electron chi connectivity index (χ2n) is 6.92. The molecule has 0 fully saturated rings. The lowest BCUT2D eigenvalue weighted by atomic mass is 10.1. The van der Waals surface area contributed by atoms with Crippen molar-refractivity contribution < 1.29 is 5.11 Å². The van der Waals surface area contributed by atoms with Gasteiger partial charge in [-0.25, -0.2) is 4.57 Å². The molecule has 0 aliphatic carbocycles. The molecular weight excluding hydrogens is 428 g/mol. The van der Waals surface area contributed by atoms with E-state index in [0.29, 0.717) is 22.0 Å². The lowest BCUT2D eigenvalue weighted by molar-refractivity contribution is 0.436. The van der Waals surface area contributed by atoms with E-state index in [1.807, 2.05) is 74.5 Å². The van der Waals surface area contributed by atoms with Gasteiger partial charge in [-0.2, -0.15) is 0 Å². The molecule has 144 valence electrons. The van der Waals surface area contributed by atoms with Gasteiger partial charge in [0.2, 0.25) is 5.88 Å². The molecule has 1 N–H and O–H groups in total. The Bertz CT molecular complexity index is 1320. The number of fused-ring (bicyclic) bond motifs is 1.